The lowest BCUT2D eigenvalue weighted by Crippen LogP contribution is -2.03. The molecular weight excluding hydrogens is 223 g/mol. The van der Waals surface area contributed by atoms with Crippen LogP contribution in [0.5, 0.6) is 0 Å². The highest BCUT2D eigenvalue weighted by molar-refractivity contribution is 6.35. The number of ether oxygens (including phenoxy) is 2. The maximum atomic E-state index is 6.01. The molecule has 0 aromatic heterocycles. The molecule has 1 aliphatic heterocycles. The molecule has 0 saturated carbocycles. The van der Waals surface area contributed by atoms with Crippen molar-refractivity contribution in [1.82, 2.24) is 0 Å². The molecule has 0 amide bonds. The summed E-state index contributed by atoms with van der Waals surface area (Å²) in [6.45, 7) is 2.56. The first-order chi connectivity index (χ1) is 6.66. The van der Waals surface area contributed by atoms with Crippen molar-refractivity contribution in [3.8, 4) is 0 Å². The smallest absolute Gasteiger partial charge is 0.185 e. The predicted molar refractivity (Wildman–Crippen MR) is 55.7 cm³/mol. The molecule has 1 aliphatic rings. The average Bonchev–Trinajstić information content (AvgIpc) is 2.51. The molecule has 4 heteroatoms. The van der Waals surface area contributed by atoms with E-state index in [2.05, 4.69) is 0 Å². The predicted octanol–water partition coefficient (Wildman–Crippen LogP) is 3.43. The van der Waals surface area contributed by atoms with Crippen molar-refractivity contribution in [2.45, 2.75) is 19.3 Å². The van der Waals surface area contributed by atoms with E-state index in [4.69, 9.17) is 32.7 Å². The van der Waals surface area contributed by atoms with Gasteiger partial charge >= 0.3 is 0 Å². The molecular formula is C10H10Cl2O2. The Morgan fingerprint density at radius 1 is 1.36 bits per heavy atom. The van der Waals surface area contributed by atoms with Crippen molar-refractivity contribution in [3.05, 3.63) is 33.8 Å². The van der Waals surface area contributed by atoms with Crippen LogP contribution in [0.15, 0.2) is 18.2 Å². The Bertz CT molecular complexity index is 341. The van der Waals surface area contributed by atoms with Crippen molar-refractivity contribution in [1.29, 1.82) is 0 Å². The second-order valence-corrected chi connectivity index (χ2v) is 4.12. The Labute approximate surface area is 92.7 Å². The van der Waals surface area contributed by atoms with Gasteiger partial charge < -0.3 is 9.47 Å². The Morgan fingerprint density at radius 2 is 2.14 bits per heavy atom. The molecule has 2 atom stereocenters. The Hall–Kier alpha value is -0.280. The SMILES string of the molecule is C[C@H]1CO[C@H](c2ccc(Cl)cc2Cl)O1. The summed E-state index contributed by atoms with van der Waals surface area (Å²) in [4.78, 5) is 0. The zero-order chi connectivity index (χ0) is 10.1. The number of hydrogen-bond donors (Lipinski definition) is 0. The molecule has 2 rings (SSSR count). The van der Waals surface area contributed by atoms with Gasteiger partial charge in [-0.15, -0.1) is 0 Å². The van der Waals surface area contributed by atoms with E-state index in [-0.39, 0.29) is 12.4 Å². The van der Waals surface area contributed by atoms with Gasteiger partial charge in [-0.1, -0.05) is 29.3 Å². The standard InChI is InChI=1S/C10H10Cl2O2/c1-6-5-13-10(14-6)8-3-2-7(11)4-9(8)12/h2-4,6,10H,5H2,1H3/t6-,10-/m0/s1. The lowest BCUT2D eigenvalue weighted by molar-refractivity contribution is -0.0571. The van der Waals surface area contributed by atoms with Gasteiger partial charge in [0.2, 0.25) is 0 Å². The molecule has 76 valence electrons. The molecule has 1 fully saturated rings. The summed E-state index contributed by atoms with van der Waals surface area (Å²) >= 11 is 11.8. The molecule has 0 bridgehead atoms. The van der Waals surface area contributed by atoms with Crippen LogP contribution in [-0.4, -0.2) is 12.7 Å². The van der Waals surface area contributed by atoms with Gasteiger partial charge in [0.05, 0.1) is 17.7 Å². The lowest BCUT2D eigenvalue weighted by atomic mass is 10.2. The minimum absolute atomic E-state index is 0.117. The van der Waals surface area contributed by atoms with Crippen molar-refractivity contribution in [2.75, 3.05) is 6.61 Å². The average molecular weight is 233 g/mol. The molecule has 0 radical (unpaired) electrons. The summed E-state index contributed by atoms with van der Waals surface area (Å²) in [7, 11) is 0. The van der Waals surface area contributed by atoms with E-state index < -0.39 is 0 Å². The summed E-state index contributed by atoms with van der Waals surface area (Å²) in [5.74, 6) is 0. The highest BCUT2D eigenvalue weighted by atomic mass is 35.5. The monoisotopic (exact) mass is 232 g/mol. The van der Waals surface area contributed by atoms with Crippen molar-refractivity contribution in [2.24, 2.45) is 0 Å². The number of hydrogen-bond acceptors (Lipinski definition) is 2. The Kier molecular flexibility index (Phi) is 2.98. The van der Waals surface area contributed by atoms with Crippen LogP contribution in [0, 0.1) is 0 Å². The van der Waals surface area contributed by atoms with Gasteiger partial charge in [-0.25, -0.2) is 0 Å². The van der Waals surface area contributed by atoms with Gasteiger partial charge in [0.1, 0.15) is 0 Å². The number of halogens is 2. The van der Waals surface area contributed by atoms with E-state index in [1.165, 1.54) is 0 Å². The van der Waals surface area contributed by atoms with Crippen LogP contribution in [0.3, 0.4) is 0 Å². The number of benzene rings is 1. The quantitative estimate of drug-likeness (QED) is 0.739. The fraction of sp³-hybridized carbons (Fsp3) is 0.400. The van der Waals surface area contributed by atoms with Gasteiger partial charge in [-0.3, -0.25) is 0 Å². The summed E-state index contributed by atoms with van der Waals surface area (Å²) < 4.78 is 10.9. The highest BCUT2D eigenvalue weighted by Gasteiger charge is 2.25. The second kappa shape index (κ2) is 4.07. The molecule has 0 unspecified atom stereocenters. The van der Waals surface area contributed by atoms with E-state index in [0.29, 0.717) is 16.7 Å². The first kappa shape index (κ1) is 10.2. The van der Waals surface area contributed by atoms with Crippen LogP contribution in [0.1, 0.15) is 18.8 Å². The second-order valence-electron chi connectivity index (χ2n) is 3.28. The number of rotatable bonds is 1. The first-order valence-corrected chi connectivity index (χ1v) is 5.14. The molecule has 0 N–H and O–H groups in total. The van der Waals surface area contributed by atoms with Crippen molar-refractivity contribution < 1.29 is 9.47 Å². The van der Waals surface area contributed by atoms with Gasteiger partial charge in [0, 0.05) is 10.6 Å². The zero-order valence-corrected chi connectivity index (χ0v) is 9.18. The van der Waals surface area contributed by atoms with Gasteiger partial charge in [0.15, 0.2) is 6.29 Å². The summed E-state index contributed by atoms with van der Waals surface area (Å²) in [6.07, 6.45) is -0.235. The van der Waals surface area contributed by atoms with E-state index >= 15 is 0 Å². The molecule has 1 aromatic rings. The maximum absolute atomic E-state index is 6.01. The maximum Gasteiger partial charge on any atom is 0.185 e. The Morgan fingerprint density at radius 3 is 2.71 bits per heavy atom. The van der Waals surface area contributed by atoms with Crippen LogP contribution in [0.4, 0.5) is 0 Å². The molecule has 2 nitrogen and oxygen atoms in total. The molecule has 1 saturated heterocycles. The van der Waals surface area contributed by atoms with E-state index in [1.54, 1.807) is 12.1 Å². The molecule has 14 heavy (non-hydrogen) atoms. The third kappa shape index (κ3) is 2.04. The summed E-state index contributed by atoms with van der Waals surface area (Å²) in [6, 6.07) is 5.29. The van der Waals surface area contributed by atoms with Crippen molar-refractivity contribution >= 4 is 23.2 Å². The summed E-state index contributed by atoms with van der Waals surface area (Å²) in [5, 5.41) is 1.20. The van der Waals surface area contributed by atoms with E-state index in [0.717, 1.165) is 5.56 Å². The first-order valence-electron chi connectivity index (χ1n) is 4.39. The Balaban J connectivity index is 2.24. The normalized spacial score (nSPS) is 26.8. The molecule has 0 spiro atoms. The third-order valence-corrected chi connectivity index (χ3v) is 2.62. The minimum atomic E-state index is -0.352. The van der Waals surface area contributed by atoms with Crippen LogP contribution < -0.4 is 0 Å². The fourth-order valence-corrected chi connectivity index (χ4v) is 1.87. The van der Waals surface area contributed by atoms with Crippen LogP contribution in [0.2, 0.25) is 10.0 Å². The fourth-order valence-electron chi connectivity index (χ4n) is 1.37. The van der Waals surface area contributed by atoms with Gasteiger partial charge in [-0.05, 0) is 19.1 Å². The van der Waals surface area contributed by atoms with Crippen LogP contribution >= 0.6 is 23.2 Å². The minimum Gasteiger partial charge on any atom is -0.346 e. The van der Waals surface area contributed by atoms with Gasteiger partial charge in [-0.2, -0.15) is 0 Å². The van der Waals surface area contributed by atoms with E-state index in [1.807, 2.05) is 13.0 Å². The van der Waals surface area contributed by atoms with Crippen molar-refractivity contribution in [3.63, 3.8) is 0 Å². The lowest BCUT2D eigenvalue weighted by Gasteiger charge is -2.11. The van der Waals surface area contributed by atoms with Crippen LogP contribution in [-0.2, 0) is 9.47 Å². The van der Waals surface area contributed by atoms with Gasteiger partial charge in [0.25, 0.3) is 0 Å². The largest absolute Gasteiger partial charge is 0.346 e. The van der Waals surface area contributed by atoms with Crippen LogP contribution in [0.25, 0.3) is 0 Å². The topological polar surface area (TPSA) is 18.5 Å². The molecule has 1 aromatic carbocycles. The highest BCUT2D eigenvalue weighted by Crippen LogP contribution is 2.32. The summed E-state index contributed by atoms with van der Waals surface area (Å²) in [5.41, 5.74) is 0.834. The molecule has 1 heterocycles. The zero-order valence-electron chi connectivity index (χ0n) is 7.67. The van der Waals surface area contributed by atoms with E-state index in [9.17, 15) is 0 Å². The molecule has 0 aliphatic carbocycles. The third-order valence-electron chi connectivity index (χ3n) is 2.05.